The standard InChI is InChI=1S/C8H11ClN2O.C4H4ClNO2/c9-8-6(4-12)10-7(11-8)3-5-1-2-5;5-6-3(7)1-2-4(6)8/h5,12H,1-4H2,(H,10,11);1-2H2. The van der Waals surface area contributed by atoms with Crippen molar-refractivity contribution < 1.29 is 14.7 Å². The van der Waals surface area contributed by atoms with E-state index >= 15 is 0 Å². The summed E-state index contributed by atoms with van der Waals surface area (Å²) < 4.78 is 0.639. The molecule has 6 nitrogen and oxygen atoms in total. The van der Waals surface area contributed by atoms with Crippen molar-refractivity contribution in [1.29, 1.82) is 0 Å². The first-order chi connectivity index (χ1) is 9.51. The quantitative estimate of drug-likeness (QED) is 0.657. The van der Waals surface area contributed by atoms with Gasteiger partial charge in [0.25, 0.3) is 0 Å². The molecule has 0 spiro atoms. The fraction of sp³-hybridized carbons (Fsp3) is 0.583. The molecule has 0 atom stereocenters. The molecule has 2 N–H and O–H groups in total. The Morgan fingerprint density at radius 2 is 1.90 bits per heavy atom. The van der Waals surface area contributed by atoms with E-state index in [1.807, 2.05) is 0 Å². The van der Waals surface area contributed by atoms with Crippen LogP contribution in [0.3, 0.4) is 0 Å². The van der Waals surface area contributed by atoms with Gasteiger partial charge in [0, 0.05) is 31.0 Å². The number of imide groups is 1. The fourth-order valence-electron chi connectivity index (χ4n) is 1.79. The number of hydrogen-bond acceptors (Lipinski definition) is 4. The van der Waals surface area contributed by atoms with Crippen molar-refractivity contribution in [3.8, 4) is 0 Å². The summed E-state index contributed by atoms with van der Waals surface area (Å²) in [5.41, 5.74) is 0.632. The number of aliphatic hydroxyl groups is 1. The Bertz CT molecular complexity index is 498. The van der Waals surface area contributed by atoms with Crippen molar-refractivity contribution in [1.82, 2.24) is 14.4 Å². The van der Waals surface area contributed by atoms with Crippen molar-refractivity contribution >= 4 is 35.2 Å². The number of carbonyl (C=O) groups excluding carboxylic acids is 2. The van der Waals surface area contributed by atoms with Gasteiger partial charge in [0.2, 0.25) is 11.8 Å². The third-order valence-corrected chi connectivity index (χ3v) is 3.79. The van der Waals surface area contributed by atoms with Crippen LogP contribution < -0.4 is 0 Å². The second-order valence-corrected chi connectivity index (χ2v) is 5.52. The molecule has 1 aromatic rings. The highest BCUT2D eigenvalue weighted by atomic mass is 35.5. The van der Waals surface area contributed by atoms with Crippen molar-refractivity contribution in [2.24, 2.45) is 5.92 Å². The molecule has 0 radical (unpaired) electrons. The normalized spacial score (nSPS) is 18.2. The van der Waals surface area contributed by atoms with Crippen LogP contribution in [-0.2, 0) is 22.6 Å². The lowest BCUT2D eigenvalue weighted by Gasteiger charge is -1.96. The van der Waals surface area contributed by atoms with Gasteiger partial charge in [0.05, 0.1) is 12.3 Å². The Hall–Kier alpha value is -1.11. The number of carbonyl (C=O) groups is 2. The molecular formula is C12H15Cl2N3O3. The number of halogens is 2. The number of aliphatic hydroxyl groups excluding tert-OH is 1. The van der Waals surface area contributed by atoms with Crippen LogP contribution >= 0.6 is 23.4 Å². The summed E-state index contributed by atoms with van der Waals surface area (Å²) in [6.07, 6.45) is 4.10. The van der Waals surface area contributed by atoms with E-state index in [0.29, 0.717) is 15.3 Å². The van der Waals surface area contributed by atoms with Gasteiger partial charge in [-0.15, -0.1) is 0 Å². The van der Waals surface area contributed by atoms with Gasteiger partial charge in [-0.1, -0.05) is 11.6 Å². The smallest absolute Gasteiger partial charge is 0.244 e. The van der Waals surface area contributed by atoms with Gasteiger partial charge in [-0.3, -0.25) is 9.59 Å². The summed E-state index contributed by atoms with van der Waals surface area (Å²) in [5.74, 6) is 1.11. The number of amides is 2. The molecule has 0 bridgehead atoms. The first-order valence-electron chi connectivity index (χ1n) is 6.37. The highest BCUT2D eigenvalue weighted by Crippen LogP contribution is 2.32. The van der Waals surface area contributed by atoms with Crippen LogP contribution in [0, 0.1) is 5.92 Å². The van der Waals surface area contributed by atoms with Gasteiger partial charge in [-0.2, -0.15) is 4.42 Å². The Labute approximate surface area is 126 Å². The first kappa shape index (κ1) is 15.3. The maximum Gasteiger partial charge on any atom is 0.244 e. The van der Waals surface area contributed by atoms with Crippen molar-refractivity contribution in [2.75, 3.05) is 0 Å². The van der Waals surface area contributed by atoms with E-state index in [1.54, 1.807) is 0 Å². The number of nitrogens with one attached hydrogen (secondary N) is 1. The molecule has 2 fully saturated rings. The average molecular weight is 320 g/mol. The number of hydrogen-bond donors (Lipinski definition) is 2. The summed E-state index contributed by atoms with van der Waals surface area (Å²) in [7, 11) is 0. The molecule has 8 heteroatoms. The number of nitrogens with zero attached hydrogens (tertiary/aromatic N) is 2. The molecule has 1 aliphatic carbocycles. The van der Waals surface area contributed by atoms with E-state index in [9.17, 15) is 9.59 Å². The highest BCUT2D eigenvalue weighted by Gasteiger charge is 2.26. The van der Waals surface area contributed by atoms with Crippen LogP contribution in [0.2, 0.25) is 5.15 Å². The molecule has 110 valence electrons. The van der Waals surface area contributed by atoms with E-state index in [0.717, 1.165) is 18.2 Å². The Morgan fingerprint density at radius 1 is 1.30 bits per heavy atom. The summed E-state index contributed by atoms with van der Waals surface area (Å²) in [5, 5.41) is 9.24. The average Bonchev–Trinajstić information content (AvgIpc) is 3.10. The molecule has 2 amide bonds. The van der Waals surface area contributed by atoms with E-state index < -0.39 is 0 Å². The maximum absolute atomic E-state index is 10.4. The fourth-order valence-corrected chi connectivity index (χ4v) is 2.16. The molecule has 1 saturated carbocycles. The number of imidazole rings is 1. The van der Waals surface area contributed by atoms with E-state index in [1.165, 1.54) is 12.8 Å². The SMILES string of the molecule is O=C1CCC(=O)N1Cl.OCc1[nH]c(CC2CC2)nc1Cl. The van der Waals surface area contributed by atoms with E-state index in [-0.39, 0.29) is 31.3 Å². The number of rotatable bonds is 3. The zero-order valence-electron chi connectivity index (χ0n) is 10.7. The lowest BCUT2D eigenvalue weighted by atomic mass is 10.3. The zero-order chi connectivity index (χ0) is 14.7. The minimum atomic E-state index is -0.295. The number of aromatic amines is 1. The molecule has 1 aromatic heterocycles. The second kappa shape index (κ2) is 6.56. The summed E-state index contributed by atoms with van der Waals surface area (Å²) in [6.45, 7) is -0.0590. The Balaban J connectivity index is 0.000000160. The lowest BCUT2D eigenvalue weighted by Crippen LogP contribution is -2.16. The molecule has 20 heavy (non-hydrogen) atoms. The molecule has 0 aromatic carbocycles. The molecule has 1 aliphatic heterocycles. The lowest BCUT2D eigenvalue weighted by molar-refractivity contribution is -0.132. The predicted molar refractivity (Wildman–Crippen MR) is 72.9 cm³/mol. The van der Waals surface area contributed by atoms with Crippen LogP contribution in [0.4, 0.5) is 0 Å². The van der Waals surface area contributed by atoms with Crippen LogP contribution in [0.25, 0.3) is 0 Å². The Morgan fingerprint density at radius 3 is 2.25 bits per heavy atom. The van der Waals surface area contributed by atoms with Crippen molar-refractivity contribution in [3.63, 3.8) is 0 Å². The third-order valence-electron chi connectivity index (χ3n) is 3.11. The summed E-state index contributed by atoms with van der Waals surface area (Å²) in [6, 6.07) is 0. The summed E-state index contributed by atoms with van der Waals surface area (Å²) >= 11 is 10.9. The predicted octanol–water partition coefficient (Wildman–Crippen LogP) is 1.80. The monoisotopic (exact) mass is 319 g/mol. The number of aromatic nitrogens is 2. The molecule has 0 unspecified atom stereocenters. The molecule has 2 heterocycles. The third kappa shape index (κ3) is 3.94. The maximum atomic E-state index is 10.4. The van der Waals surface area contributed by atoms with Gasteiger partial charge in [-0.25, -0.2) is 4.98 Å². The molecular weight excluding hydrogens is 305 g/mol. The summed E-state index contributed by atoms with van der Waals surface area (Å²) in [4.78, 5) is 27.8. The largest absolute Gasteiger partial charge is 0.390 e. The highest BCUT2D eigenvalue weighted by molar-refractivity contribution is 6.32. The van der Waals surface area contributed by atoms with Gasteiger partial charge in [0.15, 0.2) is 5.15 Å². The number of H-pyrrole nitrogens is 1. The van der Waals surface area contributed by atoms with Gasteiger partial charge >= 0.3 is 0 Å². The van der Waals surface area contributed by atoms with Crippen molar-refractivity contribution in [3.05, 3.63) is 16.7 Å². The van der Waals surface area contributed by atoms with E-state index in [2.05, 4.69) is 9.97 Å². The van der Waals surface area contributed by atoms with Crippen LogP contribution in [0.1, 0.15) is 37.2 Å². The Kier molecular flexibility index (Phi) is 5.01. The molecule has 1 saturated heterocycles. The van der Waals surface area contributed by atoms with Crippen LogP contribution in [-0.4, -0.2) is 31.3 Å². The van der Waals surface area contributed by atoms with Gasteiger partial charge < -0.3 is 10.1 Å². The van der Waals surface area contributed by atoms with E-state index in [4.69, 9.17) is 28.5 Å². The topological polar surface area (TPSA) is 86.3 Å². The van der Waals surface area contributed by atoms with Crippen LogP contribution in [0.15, 0.2) is 0 Å². The van der Waals surface area contributed by atoms with Crippen LogP contribution in [0.5, 0.6) is 0 Å². The minimum Gasteiger partial charge on any atom is -0.390 e. The molecule has 3 rings (SSSR count). The van der Waals surface area contributed by atoms with Crippen molar-refractivity contribution in [2.45, 2.75) is 38.7 Å². The first-order valence-corrected chi connectivity index (χ1v) is 7.08. The second-order valence-electron chi connectivity index (χ2n) is 4.83. The molecule has 2 aliphatic rings. The zero-order valence-corrected chi connectivity index (χ0v) is 12.2. The minimum absolute atomic E-state index is 0.0590. The van der Waals surface area contributed by atoms with Gasteiger partial charge in [-0.05, 0) is 18.8 Å². The van der Waals surface area contributed by atoms with Gasteiger partial charge in [0.1, 0.15) is 5.82 Å².